The van der Waals surface area contributed by atoms with E-state index in [1.54, 1.807) is 6.92 Å². The zero-order valence-electron chi connectivity index (χ0n) is 12.7. The highest BCUT2D eigenvalue weighted by Gasteiger charge is 2.35. The molecule has 20 heavy (non-hydrogen) atoms. The molecule has 0 spiro atoms. The van der Waals surface area contributed by atoms with Gasteiger partial charge in [-0.3, -0.25) is 14.4 Å². The smallest absolute Gasteiger partial charge is 0.316 e. The molecule has 1 rings (SSSR count). The first-order chi connectivity index (χ1) is 9.24. The molecule has 114 valence electrons. The van der Waals surface area contributed by atoms with Gasteiger partial charge >= 0.3 is 11.9 Å². The lowest BCUT2D eigenvalue weighted by molar-refractivity contribution is -0.160. The van der Waals surface area contributed by atoms with Crippen LogP contribution in [-0.2, 0) is 23.9 Å². The van der Waals surface area contributed by atoms with Crippen LogP contribution in [0.4, 0.5) is 0 Å². The Morgan fingerprint density at radius 3 is 2.35 bits per heavy atom. The van der Waals surface area contributed by atoms with Crippen LogP contribution < -0.4 is 0 Å². The lowest BCUT2D eigenvalue weighted by Crippen LogP contribution is -2.28. The summed E-state index contributed by atoms with van der Waals surface area (Å²) in [4.78, 5) is 35.7. The molecule has 0 bridgehead atoms. The quantitative estimate of drug-likeness (QED) is 0.452. The minimum Gasteiger partial charge on any atom is -0.465 e. The largest absolute Gasteiger partial charge is 0.465 e. The molecule has 1 fully saturated rings. The molecule has 2 atom stereocenters. The summed E-state index contributed by atoms with van der Waals surface area (Å²) >= 11 is 0. The third-order valence-corrected chi connectivity index (χ3v) is 3.24. The van der Waals surface area contributed by atoms with Crippen molar-refractivity contribution in [1.29, 1.82) is 0 Å². The van der Waals surface area contributed by atoms with Crippen LogP contribution in [0.25, 0.3) is 0 Å². The number of Topliss-reactive ketones (excluding diaryl/α,β-unsaturated/α-hetero) is 1. The van der Waals surface area contributed by atoms with Gasteiger partial charge in [0.1, 0.15) is 17.3 Å². The van der Waals surface area contributed by atoms with Gasteiger partial charge in [0.15, 0.2) is 0 Å². The van der Waals surface area contributed by atoms with Gasteiger partial charge in [-0.15, -0.1) is 0 Å². The van der Waals surface area contributed by atoms with E-state index in [1.807, 2.05) is 20.8 Å². The summed E-state index contributed by atoms with van der Waals surface area (Å²) < 4.78 is 10.3. The Balaban J connectivity index is 2.64. The molecule has 0 N–H and O–H groups in total. The molecule has 1 aliphatic carbocycles. The average molecular weight is 284 g/mol. The molecule has 0 saturated heterocycles. The van der Waals surface area contributed by atoms with Crippen molar-refractivity contribution in [1.82, 2.24) is 0 Å². The van der Waals surface area contributed by atoms with Crippen molar-refractivity contribution in [2.24, 2.45) is 11.8 Å². The van der Waals surface area contributed by atoms with E-state index in [2.05, 4.69) is 0 Å². The Morgan fingerprint density at radius 1 is 1.15 bits per heavy atom. The number of carbonyl (C=O) groups excluding carboxylic acids is 3. The minimum absolute atomic E-state index is 0.130. The summed E-state index contributed by atoms with van der Waals surface area (Å²) in [5.74, 6) is -1.91. The fraction of sp³-hybridized carbons (Fsp3) is 0.800. The summed E-state index contributed by atoms with van der Waals surface area (Å²) in [5.41, 5.74) is -0.534. The van der Waals surface area contributed by atoms with Crippen LogP contribution in [0.1, 0.15) is 53.4 Å². The monoisotopic (exact) mass is 284 g/mol. The van der Waals surface area contributed by atoms with Gasteiger partial charge in [0.05, 0.1) is 12.5 Å². The first kappa shape index (κ1) is 16.7. The van der Waals surface area contributed by atoms with Crippen molar-refractivity contribution >= 4 is 17.7 Å². The maximum absolute atomic E-state index is 12.0. The Hall–Kier alpha value is -1.39. The topological polar surface area (TPSA) is 69.7 Å². The number of ketones is 1. The Bertz CT molecular complexity index is 380. The summed E-state index contributed by atoms with van der Waals surface area (Å²) in [7, 11) is 0. The van der Waals surface area contributed by atoms with Crippen LogP contribution in [0.5, 0.6) is 0 Å². The van der Waals surface area contributed by atoms with Gasteiger partial charge < -0.3 is 9.47 Å². The van der Waals surface area contributed by atoms with Crippen molar-refractivity contribution in [3.05, 3.63) is 0 Å². The van der Waals surface area contributed by atoms with Gasteiger partial charge in [-0.05, 0) is 47.0 Å². The summed E-state index contributed by atoms with van der Waals surface area (Å²) in [5, 5.41) is 0. The first-order valence-corrected chi connectivity index (χ1v) is 7.16. The molecule has 0 aromatic heterocycles. The van der Waals surface area contributed by atoms with Gasteiger partial charge in [-0.2, -0.15) is 0 Å². The number of ether oxygens (including phenoxy) is 2. The van der Waals surface area contributed by atoms with Gasteiger partial charge in [0, 0.05) is 6.42 Å². The van der Waals surface area contributed by atoms with Gasteiger partial charge in [0.25, 0.3) is 0 Å². The molecule has 0 radical (unpaired) electrons. The van der Waals surface area contributed by atoms with Crippen molar-refractivity contribution in [3.8, 4) is 0 Å². The van der Waals surface area contributed by atoms with E-state index in [0.717, 1.165) is 0 Å². The van der Waals surface area contributed by atoms with E-state index >= 15 is 0 Å². The SMILES string of the molecule is CCOC(=O)C1CCC(C(=O)OC(C)(C)C)CCC1=O. The molecule has 0 amide bonds. The van der Waals surface area contributed by atoms with E-state index < -0.39 is 17.5 Å². The van der Waals surface area contributed by atoms with E-state index in [4.69, 9.17) is 9.47 Å². The van der Waals surface area contributed by atoms with E-state index in [0.29, 0.717) is 19.3 Å². The number of rotatable bonds is 3. The average Bonchev–Trinajstić information content (AvgIpc) is 2.49. The second-order valence-corrected chi connectivity index (χ2v) is 6.12. The highest BCUT2D eigenvalue weighted by atomic mass is 16.6. The molecule has 0 aromatic carbocycles. The number of hydrogen-bond donors (Lipinski definition) is 0. The van der Waals surface area contributed by atoms with Crippen molar-refractivity contribution in [3.63, 3.8) is 0 Å². The normalized spacial score (nSPS) is 23.9. The molecule has 0 aliphatic heterocycles. The highest BCUT2D eigenvalue weighted by Crippen LogP contribution is 2.28. The third-order valence-electron chi connectivity index (χ3n) is 3.24. The molecular formula is C15H24O5. The molecule has 0 aromatic rings. The van der Waals surface area contributed by atoms with Crippen molar-refractivity contribution in [2.75, 3.05) is 6.61 Å². The first-order valence-electron chi connectivity index (χ1n) is 7.16. The molecule has 2 unspecified atom stereocenters. The van der Waals surface area contributed by atoms with Crippen molar-refractivity contribution < 1.29 is 23.9 Å². The van der Waals surface area contributed by atoms with Crippen LogP contribution >= 0.6 is 0 Å². The number of hydrogen-bond acceptors (Lipinski definition) is 5. The maximum Gasteiger partial charge on any atom is 0.316 e. The lowest BCUT2D eigenvalue weighted by Gasteiger charge is -2.23. The Labute approximate surface area is 120 Å². The number of esters is 2. The predicted molar refractivity (Wildman–Crippen MR) is 72.9 cm³/mol. The van der Waals surface area contributed by atoms with Crippen LogP contribution in [0, 0.1) is 11.8 Å². The van der Waals surface area contributed by atoms with Crippen LogP contribution in [0.15, 0.2) is 0 Å². The molecule has 1 aliphatic rings. The maximum atomic E-state index is 12.0. The molecule has 5 nitrogen and oxygen atoms in total. The van der Waals surface area contributed by atoms with Crippen molar-refractivity contribution in [2.45, 2.75) is 59.0 Å². The molecular weight excluding hydrogens is 260 g/mol. The minimum atomic E-state index is -0.720. The molecule has 0 heterocycles. The molecule has 5 heteroatoms. The van der Waals surface area contributed by atoms with Gasteiger partial charge in [0.2, 0.25) is 0 Å². The Morgan fingerprint density at radius 2 is 1.80 bits per heavy atom. The van der Waals surface area contributed by atoms with E-state index in [-0.39, 0.29) is 30.7 Å². The lowest BCUT2D eigenvalue weighted by atomic mass is 9.97. The summed E-state index contributed by atoms with van der Waals surface area (Å²) in [6.45, 7) is 7.41. The zero-order valence-corrected chi connectivity index (χ0v) is 12.7. The fourth-order valence-electron chi connectivity index (χ4n) is 2.28. The zero-order chi connectivity index (χ0) is 15.3. The summed E-state index contributed by atoms with van der Waals surface area (Å²) in [6.07, 6.45) is 1.53. The van der Waals surface area contributed by atoms with Crippen LogP contribution in [0.2, 0.25) is 0 Å². The summed E-state index contributed by atoms with van der Waals surface area (Å²) in [6, 6.07) is 0. The number of carbonyl (C=O) groups is 3. The van der Waals surface area contributed by atoms with E-state index in [9.17, 15) is 14.4 Å². The predicted octanol–water partition coefficient (Wildman–Crippen LogP) is 2.27. The fourth-order valence-corrected chi connectivity index (χ4v) is 2.28. The third kappa shape index (κ3) is 4.94. The van der Waals surface area contributed by atoms with Gasteiger partial charge in [-0.1, -0.05) is 0 Å². The standard InChI is InChI=1S/C15H24O5/c1-5-19-14(18)11-8-6-10(7-9-12(11)16)13(17)20-15(2,3)4/h10-11H,5-9H2,1-4H3. The highest BCUT2D eigenvalue weighted by molar-refractivity contribution is 5.99. The van der Waals surface area contributed by atoms with E-state index in [1.165, 1.54) is 0 Å². The molecule has 1 saturated carbocycles. The van der Waals surface area contributed by atoms with Crippen LogP contribution in [-0.4, -0.2) is 29.9 Å². The second kappa shape index (κ2) is 6.86. The second-order valence-electron chi connectivity index (χ2n) is 6.12. The Kier molecular flexibility index (Phi) is 5.72. The van der Waals surface area contributed by atoms with Crippen LogP contribution in [0.3, 0.4) is 0 Å². The van der Waals surface area contributed by atoms with Gasteiger partial charge in [-0.25, -0.2) is 0 Å².